The Balaban J connectivity index is 0.00000353. The number of likely N-dealkylation sites (tertiary alicyclic amines) is 1. The van der Waals surface area contributed by atoms with Gasteiger partial charge in [-0.3, -0.25) is 4.79 Å². The van der Waals surface area contributed by atoms with Crippen molar-refractivity contribution in [2.75, 3.05) is 26.8 Å². The molecule has 1 atom stereocenters. The molecule has 2 aliphatic heterocycles. The number of carbonyl (C=O) groups excluding carboxylic acids is 1. The van der Waals surface area contributed by atoms with Crippen molar-refractivity contribution >= 4 is 5.91 Å². The molecule has 2 aliphatic rings. The second-order valence-corrected chi connectivity index (χ2v) is 10.4. The molecule has 204 valence electrons. The molecule has 1 spiro atoms. The molecular formula is C30H33FN2O5U. The molecular weight excluding hydrogens is 725 g/mol. The molecule has 3 heterocycles. The Morgan fingerprint density at radius 1 is 1.15 bits per heavy atom. The Bertz CT molecular complexity index is 1330. The first-order chi connectivity index (χ1) is 18.1. The summed E-state index contributed by atoms with van der Waals surface area (Å²) in [6.07, 6.45) is 3.94. The Hall–Kier alpha value is -2.47. The summed E-state index contributed by atoms with van der Waals surface area (Å²) in [7, 11) is 1.54. The fraction of sp³-hybridized carbons (Fsp3) is 0.367. The first-order valence-corrected chi connectivity index (χ1v) is 12.7. The topological polar surface area (TPSA) is 62.2 Å². The van der Waals surface area contributed by atoms with Crippen LogP contribution >= 0.6 is 0 Å². The second-order valence-electron chi connectivity index (χ2n) is 10.4. The number of ether oxygens (including phenoxy) is 4. The molecule has 1 fully saturated rings. The molecule has 0 aliphatic carbocycles. The minimum atomic E-state index is -0.755. The number of rotatable bonds is 7. The molecule has 5 rings (SSSR count). The van der Waals surface area contributed by atoms with Crippen LogP contribution in [0.15, 0.2) is 54.7 Å². The van der Waals surface area contributed by atoms with E-state index in [1.165, 1.54) is 12.1 Å². The van der Waals surface area contributed by atoms with Crippen LogP contribution in [0.1, 0.15) is 49.7 Å². The third-order valence-electron chi connectivity index (χ3n) is 6.95. The van der Waals surface area contributed by atoms with Gasteiger partial charge in [0.2, 0.25) is 0 Å². The molecule has 9 heteroatoms. The number of aromatic nitrogens is 1. The molecule has 1 aromatic heterocycles. The van der Waals surface area contributed by atoms with Gasteiger partial charge in [-0.25, -0.2) is 10.5 Å². The van der Waals surface area contributed by atoms with Gasteiger partial charge in [0, 0.05) is 43.8 Å². The Kier molecular flexibility index (Phi) is 8.75. The van der Waals surface area contributed by atoms with Crippen LogP contribution in [0.3, 0.4) is 0 Å². The van der Waals surface area contributed by atoms with Gasteiger partial charge in [0.25, 0.3) is 5.91 Å². The monoisotopic (exact) mass is 758 g/mol. The molecule has 0 unspecified atom stereocenters. The number of hydrogen-bond donors (Lipinski definition) is 0. The first kappa shape index (κ1) is 29.5. The number of nitrogens with zero attached hydrogens (tertiary/aromatic N) is 2. The third-order valence-corrected chi connectivity index (χ3v) is 6.95. The van der Waals surface area contributed by atoms with Crippen molar-refractivity contribution in [1.29, 1.82) is 0 Å². The van der Waals surface area contributed by atoms with E-state index in [-0.39, 0.29) is 49.4 Å². The van der Waals surface area contributed by atoms with E-state index in [1.807, 2.05) is 44.0 Å². The van der Waals surface area contributed by atoms with E-state index >= 15 is 0 Å². The Morgan fingerprint density at radius 3 is 2.59 bits per heavy atom. The number of methoxy groups -OCH3 is 1. The molecule has 1 saturated heterocycles. The van der Waals surface area contributed by atoms with Crippen LogP contribution in [0.2, 0.25) is 0 Å². The maximum absolute atomic E-state index is 14.0. The molecule has 1 amide bonds. The number of amides is 1. The van der Waals surface area contributed by atoms with Gasteiger partial charge in [-0.15, -0.1) is 0 Å². The van der Waals surface area contributed by atoms with Gasteiger partial charge < -0.3 is 35.3 Å². The van der Waals surface area contributed by atoms with Crippen LogP contribution in [0, 0.1) is 50.0 Å². The normalized spacial score (nSPS) is 16.9. The maximum Gasteiger partial charge on any atom is 2.00 e. The Morgan fingerprint density at radius 2 is 1.90 bits per heavy atom. The average Bonchev–Trinajstić information content (AvgIpc) is 3.38. The summed E-state index contributed by atoms with van der Waals surface area (Å²) in [6, 6.07) is 13.8. The zero-order valence-electron chi connectivity index (χ0n) is 22.8. The fourth-order valence-corrected chi connectivity index (χ4v) is 5.28. The average molecular weight is 759 g/mol. The predicted octanol–water partition coefficient (Wildman–Crippen LogP) is 5.71. The summed E-state index contributed by atoms with van der Waals surface area (Å²) in [6.45, 7) is 10.8. The number of benzene rings is 2. The van der Waals surface area contributed by atoms with Gasteiger partial charge in [0.1, 0.15) is 11.6 Å². The van der Waals surface area contributed by atoms with Gasteiger partial charge in [-0.2, -0.15) is 13.8 Å². The van der Waals surface area contributed by atoms with Crippen LogP contribution in [0.5, 0.6) is 17.2 Å². The summed E-state index contributed by atoms with van der Waals surface area (Å²) in [5, 5.41) is 0. The quantitative estimate of drug-likeness (QED) is 0.290. The predicted molar refractivity (Wildman–Crippen MR) is 141 cm³/mol. The van der Waals surface area contributed by atoms with Crippen molar-refractivity contribution < 1.29 is 59.2 Å². The summed E-state index contributed by atoms with van der Waals surface area (Å²) in [5.74, 6) is 1.06. The zero-order valence-corrected chi connectivity index (χ0v) is 26.9. The van der Waals surface area contributed by atoms with Crippen molar-refractivity contribution in [1.82, 2.24) is 9.47 Å². The second kappa shape index (κ2) is 11.6. The zero-order chi connectivity index (χ0) is 27.1. The van der Waals surface area contributed by atoms with Crippen molar-refractivity contribution in [2.45, 2.75) is 44.8 Å². The molecule has 2 aromatic carbocycles. The van der Waals surface area contributed by atoms with E-state index in [2.05, 4.69) is 11.5 Å². The van der Waals surface area contributed by atoms with Crippen molar-refractivity contribution in [2.24, 2.45) is 0 Å². The summed E-state index contributed by atoms with van der Waals surface area (Å²) >= 11 is 0. The van der Waals surface area contributed by atoms with Gasteiger partial charge in [0.05, 0.1) is 25.1 Å². The minimum absolute atomic E-state index is 0. The summed E-state index contributed by atoms with van der Waals surface area (Å²) in [4.78, 5) is 15.2. The minimum Gasteiger partial charge on any atom is -0.566 e. The number of hydrogen-bond acceptors (Lipinski definition) is 5. The van der Waals surface area contributed by atoms with Crippen LogP contribution in [0.25, 0.3) is 5.69 Å². The molecule has 7 nitrogen and oxygen atoms in total. The molecule has 0 N–H and O–H groups in total. The standard InChI is InChI=1S/C30H33FN2O5.U/c1-20(2)37-29(3,4)19-36-24-11-8-21(17-26(24)35-5)28(34)32-15-12-30(13-16-32)27-7-6-14-33(27)23-10-9-22(31)18-25(23)38-30;/h6-11,14,17-18H,3,12-13,15-16,19H2,1-2,4-5H3;/q-2;+2/t29-;/m1./s1. The number of piperidine rings is 1. The third kappa shape index (κ3) is 6.01. The van der Waals surface area contributed by atoms with E-state index in [4.69, 9.17) is 18.9 Å². The summed E-state index contributed by atoms with van der Waals surface area (Å²) in [5.41, 5.74) is 0.975. The molecule has 0 radical (unpaired) electrons. The number of fused-ring (bicyclic) bond motifs is 4. The van der Waals surface area contributed by atoms with E-state index in [0.717, 1.165) is 17.5 Å². The smallest absolute Gasteiger partial charge is 0.566 e. The number of halogens is 1. The van der Waals surface area contributed by atoms with E-state index in [9.17, 15) is 9.18 Å². The van der Waals surface area contributed by atoms with Crippen LogP contribution < -0.4 is 14.2 Å². The van der Waals surface area contributed by atoms with Crippen LogP contribution in [0.4, 0.5) is 4.39 Å². The van der Waals surface area contributed by atoms with Gasteiger partial charge in [-0.1, -0.05) is 12.5 Å². The molecule has 3 aromatic rings. The Labute approximate surface area is 252 Å². The molecule has 39 heavy (non-hydrogen) atoms. The number of carbonyl (C=O) groups is 1. The summed E-state index contributed by atoms with van der Waals surface area (Å²) < 4.78 is 39.6. The maximum atomic E-state index is 14.0. The largest absolute Gasteiger partial charge is 2.00 e. The fourth-order valence-electron chi connectivity index (χ4n) is 5.28. The van der Waals surface area contributed by atoms with Gasteiger partial charge in [0.15, 0.2) is 17.1 Å². The van der Waals surface area contributed by atoms with Crippen LogP contribution in [-0.4, -0.2) is 47.8 Å². The SMILES string of the molecule is [CH2-][C@@](C)(COc1ccc(C(=O)N2CCC3(CC2)Oc2cc(F)ccc2-n2cccc23)cc1OC)O[C-](C)C.[U+2]. The van der Waals surface area contributed by atoms with Crippen molar-refractivity contribution in [3.05, 3.63) is 84.8 Å². The molecule has 0 bridgehead atoms. The van der Waals surface area contributed by atoms with E-state index in [1.54, 1.807) is 31.4 Å². The first-order valence-electron chi connectivity index (χ1n) is 12.7. The van der Waals surface area contributed by atoms with E-state index < -0.39 is 11.2 Å². The van der Waals surface area contributed by atoms with Gasteiger partial charge in [-0.05, 0) is 42.5 Å². The van der Waals surface area contributed by atoms with Crippen molar-refractivity contribution in [3.8, 4) is 22.9 Å². The van der Waals surface area contributed by atoms with Crippen molar-refractivity contribution in [3.63, 3.8) is 0 Å². The molecule has 0 saturated carbocycles. The van der Waals surface area contributed by atoms with Crippen LogP contribution in [-0.2, 0) is 10.3 Å². The van der Waals surface area contributed by atoms with E-state index in [0.29, 0.717) is 48.7 Å². The van der Waals surface area contributed by atoms with Gasteiger partial charge >= 0.3 is 31.1 Å².